The Bertz CT molecular complexity index is 665. The van der Waals surface area contributed by atoms with Gasteiger partial charge in [0.1, 0.15) is 5.01 Å². The third-order valence-electron chi connectivity index (χ3n) is 4.37. The third kappa shape index (κ3) is 3.38. The lowest BCUT2D eigenvalue weighted by Crippen LogP contribution is -2.30. The zero-order valence-corrected chi connectivity index (χ0v) is 14.0. The normalized spacial score (nSPS) is 17.9. The molecule has 0 bridgehead atoms. The van der Waals surface area contributed by atoms with Gasteiger partial charge in [-0.1, -0.05) is 37.1 Å². The Kier molecular flexibility index (Phi) is 4.57. The molecule has 4 heteroatoms. The van der Waals surface area contributed by atoms with E-state index in [0.717, 1.165) is 42.2 Å². The minimum Gasteiger partial charge on any atom is -0.342 e. The zero-order chi connectivity index (χ0) is 15.5. The number of amides is 1. The van der Waals surface area contributed by atoms with Crippen LogP contribution in [0.15, 0.2) is 29.6 Å². The number of hydrogen-bond donors (Lipinski definition) is 0. The van der Waals surface area contributed by atoms with E-state index in [0.29, 0.717) is 12.3 Å². The van der Waals surface area contributed by atoms with Crippen LogP contribution in [0.5, 0.6) is 0 Å². The first-order chi connectivity index (χ1) is 10.7. The van der Waals surface area contributed by atoms with Crippen molar-refractivity contribution in [3.8, 4) is 10.6 Å². The van der Waals surface area contributed by atoms with Gasteiger partial charge in [-0.3, -0.25) is 4.79 Å². The molecule has 0 radical (unpaired) electrons. The maximum absolute atomic E-state index is 12.4. The van der Waals surface area contributed by atoms with Crippen LogP contribution in [-0.4, -0.2) is 28.9 Å². The van der Waals surface area contributed by atoms with Crippen LogP contribution >= 0.6 is 11.3 Å². The molecule has 3 rings (SSSR count). The van der Waals surface area contributed by atoms with Crippen molar-refractivity contribution in [2.75, 3.05) is 13.1 Å². The second-order valence-corrected chi connectivity index (χ2v) is 6.95. The molecule has 116 valence electrons. The highest BCUT2D eigenvalue weighted by atomic mass is 32.1. The number of rotatable bonds is 4. The van der Waals surface area contributed by atoms with Crippen LogP contribution in [0.25, 0.3) is 10.6 Å². The maximum Gasteiger partial charge on any atom is 0.228 e. The van der Waals surface area contributed by atoms with Gasteiger partial charge in [0.2, 0.25) is 5.91 Å². The predicted molar refractivity (Wildman–Crippen MR) is 91.0 cm³/mol. The average Bonchev–Trinajstić information content (AvgIpc) is 3.16. The first kappa shape index (κ1) is 15.2. The lowest BCUT2D eigenvalue weighted by Gasteiger charge is -2.15. The lowest BCUT2D eigenvalue weighted by atomic mass is 10.1. The van der Waals surface area contributed by atoms with E-state index in [1.165, 1.54) is 5.56 Å². The van der Waals surface area contributed by atoms with Gasteiger partial charge in [-0.15, -0.1) is 11.3 Å². The van der Waals surface area contributed by atoms with Gasteiger partial charge >= 0.3 is 0 Å². The van der Waals surface area contributed by atoms with Gasteiger partial charge in [0.05, 0.1) is 12.1 Å². The molecule has 2 aromatic rings. The van der Waals surface area contributed by atoms with Gasteiger partial charge in [-0.05, 0) is 25.3 Å². The number of carbonyl (C=O) groups excluding carboxylic acids is 1. The largest absolute Gasteiger partial charge is 0.342 e. The number of benzene rings is 1. The van der Waals surface area contributed by atoms with Crippen LogP contribution in [0.4, 0.5) is 0 Å². The number of aromatic nitrogens is 1. The summed E-state index contributed by atoms with van der Waals surface area (Å²) in [6.45, 7) is 6.11. The molecule has 1 amide bonds. The SMILES string of the molecule is CCC1CCN(C(=O)Cc2csc(-c3cccc(C)c3)n2)C1. The Balaban J connectivity index is 1.66. The highest BCUT2D eigenvalue weighted by molar-refractivity contribution is 7.13. The molecule has 0 spiro atoms. The molecular formula is C18H22N2OS. The molecule has 3 nitrogen and oxygen atoms in total. The van der Waals surface area contributed by atoms with Crippen molar-refractivity contribution >= 4 is 17.2 Å². The molecule has 1 unspecified atom stereocenters. The summed E-state index contributed by atoms with van der Waals surface area (Å²) in [7, 11) is 0. The first-order valence-corrected chi connectivity index (χ1v) is 8.83. The lowest BCUT2D eigenvalue weighted by molar-refractivity contribution is -0.129. The van der Waals surface area contributed by atoms with Crippen molar-refractivity contribution in [3.63, 3.8) is 0 Å². The van der Waals surface area contributed by atoms with Crippen LogP contribution in [0.3, 0.4) is 0 Å². The van der Waals surface area contributed by atoms with E-state index in [1.54, 1.807) is 11.3 Å². The van der Waals surface area contributed by atoms with Crippen LogP contribution in [0.2, 0.25) is 0 Å². The predicted octanol–water partition coefficient (Wildman–Crippen LogP) is 3.92. The number of likely N-dealkylation sites (tertiary alicyclic amines) is 1. The van der Waals surface area contributed by atoms with Crippen LogP contribution < -0.4 is 0 Å². The molecule has 1 fully saturated rings. The van der Waals surface area contributed by atoms with Crippen molar-refractivity contribution < 1.29 is 4.79 Å². The Morgan fingerprint density at radius 2 is 2.32 bits per heavy atom. The van der Waals surface area contributed by atoms with E-state index in [4.69, 9.17) is 0 Å². The van der Waals surface area contributed by atoms with Gasteiger partial charge < -0.3 is 4.90 Å². The second-order valence-electron chi connectivity index (χ2n) is 6.09. The van der Waals surface area contributed by atoms with Crippen molar-refractivity contribution in [1.82, 2.24) is 9.88 Å². The molecule has 1 aromatic heterocycles. The molecule has 2 heterocycles. The van der Waals surface area contributed by atoms with Crippen molar-refractivity contribution in [1.29, 1.82) is 0 Å². The number of nitrogens with zero attached hydrogens (tertiary/aromatic N) is 2. The smallest absolute Gasteiger partial charge is 0.228 e. The molecule has 1 aromatic carbocycles. The molecule has 0 N–H and O–H groups in total. The molecule has 1 aliphatic rings. The van der Waals surface area contributed by atoms with E-state index in [9.17, 15) is 4.79 Å². The highest BCUT2D eigenvalue weighted by Gasteiger charge is 2.25. The highest BCUT2D eigenvalue weighted by Crippen LogP contribution is 2.25. The zero-order valence-electron chi connectivity index (χ0n) is 13.2. The fourth-order valence-electron chi connectivity index (χ4n) is 2.96. The molecule has 1 saturated heterocycles. The fraction of sp³-hybridized carbons (Fsp3) is 0.444. The fourth-order valence-corrected chi connectivity index (χ4v) is 3.77. The number of thiazole rings is 1. The molecule has 0 saturated carbocycles. The van der Waals surface area contributed by atoms with Gasteiger partial charge in [-0.2, -0.15) is 0 Å². The van der Waals surface area contributed by atoms with Crippen LogP contribution in [-0.2, 0) is 11.2 Å². The topological polar surface area (TPSA) is 33.2 Å². The quantitative estimate of drug-likeness (QED) is 0.857. The summed E-state index contributed by atoms with van der Waals surface area (Å²) in [4.78, 5) is 19.0. The van der Waals surface area contributed by atoms with Gasteiger partial charge in [-0.25, -0.2) is 4.98 Å². The third-order valence-corrected chi connectivity index (χ3v) is 5.31. The summed E-state index contributed by atoms with van der Waals surface area (Å²) in [5.74, 6) is 0.902. The standard InChI is InChI=1S/C18H22N2OS/c1-3-14-7-8-20(11-14)17(21)10-16-12-22-18(19-16)15-6-4-5-13(2)9-15/h4-6,9,12,14H,3,7-8,10-11H2,1-2H3. The molecule has 0 aliphatic carbocycles. The van der Waals surface area contributed by atoms with E-state index in [1.807, 2.05) is 16.3 Å². The van der Waals surface area contributed by atoms with Gasteiger partial charge in [0.15, 0.2) is 0 Å². The number of hydrogen-bond acceptors (Lipinski definition) is 3. The van der Waals surface area contributed by atoms with Gasteiger partial charge in [0.25, 0.3) is 0 Å². The summed E-state index contributed by atoms with van der Waals surface area (Å²) in [5, 5.41) is 3.02. The summed E-state index contributed by atoms with van der Waals surface area (Å²) >= 11 is 1.62. The summed E-state index contributed by atoms with van der Waals surface area (Å²) in [5.41, 5.74) is 3.26. The number of carbonyl (C=O) groups is 1. The van der Waals surface area contributed by atoms with E-state index >= 15 is 0 Å². The molecule has 1 atom stereocenters. The van der Waals surface area contributed by atoms with Crippen molar-refractivity contribution in [3.05, 3.63) is 40.9 Å². The number of aryl methyl sites for hydroxylation is 1. The van der Waals surface area contributed by atoms with Crippen molar-refractivity contribution in [2.45, 2.75) is 33.1 Å². The molecule has 22 heavy (non-hydrogen) atoms. The van der Waals surface area contributed by atoms with Gasteiger partial charge in [0, 0.05) is 24.0 Å². The summed E-state index contributed by atoms with van der Waals surface area (Å²) in [6.07, 6.45) is 2.74. The Labute approximate surface area is 136 Å². The minimum atomic E-state index is 0.219. The minimum absolute atomic E-state index is 0.219. The van der Waals surface area contributed by atoms with E-state index in [-0.39, 0.29) is 5.91 Å². The van der Waals surface area contributed by atoms with Crippen LogP contribution in [0.1, 0.15) is 31.0 Å². The Morgan fingerprint density at radius 3 is 3.05 bits per heavy atom. The maximum atomic E-state index is 12.4. The second kappa shape index (κ2) is 6.61. The van der Waals surface area contributed by atoms with E-state index in [2.05, 4.69) is 37.0 Å². The molecular weight excluding hydrogens is 292 g/mol. The summed E-state index contributed by atoms with van der Waals surface area (Å²) < 4.78 is 0. The Hall–Kier alpha value is -1.68. The average molecular weight is 314 g/mol. The molecule has 1 aliphatic heterocycles. The monoisotopic (exact) mass is 314 g/mol. The van der Waals surface area contributed by atoms with Crippen LogP contribution in [0, 0.1) is 12.8 Å². The summed E-state index contributed by atoms with van der Waals surface area (Å²) in [6, 6.07) is 8.34. The Morgan fingerprint density at radius 1 is 1.45 bits per heavy atom. The van der Waals surface area contributed by atoms with Crippen molar-refractivity contribution in [2.24, 2.45) is 5.92 Å². The van der Waals surface area contributed by atoms with E-state index < -0.39 is 0 Å². The first-order valence-electron chi connectivity index (χ1n) is 7.95.